The fourth-order valence-electron chi connectivity index (χ4n) is 1.76. The lowest BCUT2D eigenvalue weighted by Gasteiger charge is -2.20. The Balaban J connectivity index is 2.10. The molecule has 1 aromatic rings. The van der Waals surface area contributed by atoms with E-state index in [-0.39, 0.29) is 5.28 Å². The van der Waals surface area contributed by atoms with Crippen LogP contribution in [0.1, 0.15) is 33.1 Å². The van der Waals surface area contributed by atoms with Gasteiger partial charge in [0.15, 0.2) is 0 Å². The van der Waals surface area contributed by atoms with Crippen molar-refractivity contribution in [1.82, 2.24) is 15.0 Å². The van der Waals surface area contributed by atoms with Crippen molar-refractivity contribution in [3.8, 4) is 0 Å². The average Bonchev–Trinajstić information content (AvgIpc) is 3.16. The first-order valence-electron chi connectivity index (χ1n) is 6.63. The van der Waals surface area contributed by atoms with E-state index in [1.807, 2.05) is 0 Å². The highest BCUT2D eigenvalue weighted by molar-refractivity contribution is 6.28. The predicted molar refractivity (Wildman–Crippen MR) is 74.2 cm³/mol. The largest absolute Gasteiger partial charge is 0.354 e. The molecule has 0 atom stereocenters. The fourth-order valence-corrected chi connectivity index (χ4v) is 1.92. The molecule has 1 heterocycles. The number of halogens is 1. The first-order chi connectivity index (χ1) is 8.72. The molecule has 0 aromatic carbocycles. The number of nitrogens with zero attached hydrogens (tertiary/aromatic N) is 4. The highest BCUT2D eigenvalue weighted by Crippen LogP contribution is 2.30. The van der Waals surface area contributed by atoms with Gasteiger partial charge in [-0.3, -0.25) is 0 Å². The van der Waals surface area contributed by atoms with E-state index >= 15 is 0 Å². The third-order valence-electron chi connectivity index (χ3n) is 2.97. The molecule has 1 aromatic heterocycles. The van der Waals surface area contributed by atoms with Gasteiger partial charge in [0.25, 0.3) is 0 Å². The van der Waals surface area contributed by atoms with Crippen molar-refractivity contribution in [1.29, 1.82) is 0 Å². The second kappa shape index (κ2) is 6.18. The van der Waals surface area contributed by atoms with Gasteiger partial charge in [-0.15, -0.1) is 0 Å². The summed E-state index contributed by atoms with van der Waals surface area (Å²) in [6.07, 6.45) is 3.66. The molecule has 1 fully saturated rings. The van der Waals surface area contributed by atoms with Crippen molar-refractivity contribution in [3.05, 3.63) is 5.28 Å². The van der Waals surface area contributed by atoms with Crippen LogP contribution in [-0.2, 0) is 0 Å². The Hall–Kier alpha value is -1.10. The van der Waals surface area contributed by atoms with Crippen LogP contribution in [0.15, 0.2) is 0 Å². The maximum atomic E-state index is 5.95. The van der Waals surface area contributed by atoms with Gasteiger partial charge in [0.1, 0.15) is 0 Å². The summed E-state index contributed by atoms with van der Waals surface area (Å²) in [6.45, 7) is 6.96. The van der Waals surface area contributed by atoms with Crippen LogP contribution < -0.4 is 10.2 Å². The lowest BCUT2D eigenvalue weighted by atomic mass is 10.4. The van der Waals surface area contributed by atoms with Crippen molar-refractivity contribution in [2.75, 3.05) is 29.9 Å². The first kappa shape index (κ1) is 13.3. The second-order valence-electron chi connectivity index (χ2n) is 4.64. The standard InChI is InChI=1S/C12H20ClN5/c1-3-7-14-11-15-10(13)16-12(17-11)18(4-2)8-9-5-6-9/h9H,3-8H2,1-2H3,(H,14,15,16,17). The minimum Gasteiger partial charge on any atom is -0.354 e. The summed E-state index contributed by atoms with van der Waals surface area (Å²) < 4.78 is 0. The molecule has 0 radical (unpaired) electrons. The van der Waals surface area contributed by atoms with Crippen molar-refractivity contribution in [2.45, 2.75) is 33.1 Å². The SMILES string of the molecule is CCCNc1nc(Cl)nc(N(CC)CC2CC2)n1. The monoisotopic (exact) mass is 269 g/mol. The quantitative estimate of drug-likeness (QED) is 0.825. The molecular weight excluding hydrogens is 250 g/mol. The molecule has 0 amide bonds. The summed E-state index contributed by atoms with van der Waals surface area (Å²) in [7, 11) is 0. The maximum absolute atomic E-state index is 5.95. The van der Waals surface area contributed by atoms with Crippen molar-refractivity contribution in [3.63, 3.8) is 0 Å². The Kier molecular flexibility index (Phi) is 4.58. The highest BCUT2D eigenvalue weighted by Gasteiger charge is 2.25. The van der Waals surface area contributed by atoms with Crippen LogP contribution in [0.25, 0.3) is 0 Å². The van der Waals surface area contributed by atoms with E-state index in [1.54, 1.807) is 0 Å². The summed E-state index contributed by atoms with van der Waals surface area (Å²) in [4.78, 5) is 14.9. The van der Waals surface area contributed by atoms with Crippen LogP contribution in [0.4, 0.5) is 11.9 Å². The topological polar surface area (TPSA) is 53.9 Å². The van der Waals surface area contributed by atoms with E-state index in [9.17, 15) is 0 Å². The van der Waals surface area contributed by atoms with E-state index in [0.29, 0.717) is 11.9 Å². The Morgan fingerprint density at radius 2 is 2.06 bits per heavy atom. The number of anilines is 2. The Morgan fingerprint density at radius 1 is 1.28 bits per heavy atom. The minimum absolute atomic E-state index is 0.257. The van der Waals surface area contributed by atoms with Crippen molar-refractivity contribution in [2.24, 2.45) is 5.92 Å². The van der Waals surface area contributed by atoms with Crippen LogP contribution in [-0.4, -0.2) is 34.6 Å². The van der Waals surface area contributed by atoms with Gasteiger partial charge in [-0.2, -0.15) is 15.0 Å². The van der Waals surface area contributed by atoms with Gasteiger partial charge < -0.3 is 10.2 Å². The normalized spacial score (nSPS) is 14.6. The van der Waals surface area contributed by atoms with Gasteiger partial charge in [-0.05, 0) is 43.7 Å². The molecule has 0 spiro atoms. The molecule has 6 heteroatoms. The third kappa shape index (κ3) is 3.70. The highest BCUT2D eigenvalue weighted by atomic mass is 35.5. The first-order valence-corrected chi connectivity index (χ1v) is 7.01. The molecule has 1 aliphatic carbocycles. The maximum Gasteiger partial charge on any atom is 0.231 e. The van der Waals surface area contributed by atoms with Crippen LogP contribution in [0.5, 0.6) is 0 Å². The molecule has 18 heavy (non-hydrogen) atoms. The fraction of sp³-hybridized carbons (Fsp3) is 0.750. The zero-order chi connectivity index (χ0) is 13.0. The average molecular weight is 270 g/mol. The number of aromatic nitrogens is 3. The van der Waals surface area contributed by atoms with Gasteiger partial charge in [-0.25, -0.2) is 0 Å². The smallest absolute Gasteiger partial charge is 0.231 e. The second-order valence-corrected chi connectivity index (χ2v) is 4.97. The van der Waals surface area contributed by atoms with E-state index in [2.05, 4.69) is 39.0 Å². The van der Waals surface area contributed by atoms with Gasteiger partial charge >= 0.3 is 0 Å². The number of nitrogens with one attached hydrogen (secondary N) is 1. The van der Waals surface area contributed by atoms with Gasteiger partial charge in [-0.1, -0.05) is 6.92 Å². The predicted octanol–water partition coefficient (Wildman–Crippen LogP) is 2.58. The molecule has 0 saturated heterocycles. The molecule has 0 bridgehead atoms. The molecule has 100 valence electrons. The zero-order valence-corrected chi connectivity index (χ0v) is 11.7. The molecule has 0 aliphatic heterocycles. The van der Waals surface area contributed by atoms with E-state index in [0.717, 1.165) is 32.0 Å². The van der Waals surface area contributed by atoms with E-state index in [1.165, 1.54) is 12.8 Å². The van der Waals surface area contributed by atoms with Crippen LogP contribution in [0.2, 0.25) is 5.28 Å². The molecule has 1 N–H and O–H groups in total. The Labute approximate surface area is 113 Å². The van der Waals surface area contributed by atoms with Crippen molar-refractivity contribution < 1.29 is 0 Å². The van der Waals surface area contributed by atoms with Gasteiger partial charge in [0.05, 0.1) is 0 Å². The summed E-state index contributed by atoms with van der Waals surface area (Å²) in [5.74, 6) is 2.05. The summed E-state index contributed by atoms with van der Waals surface area (Å²) >= 11 is 5.95. The summed E-state index contributed by atoms with van der Waals surface area (Å²) in [5.41, 5.74) is 0. The van der Waals surface area contributed by atoms with E-state index < -0.39 is 0 Å². The van der Waals surface area contributed by atoms with Crippen molar-refractivity contribution >= 4 is 23.5 Å². The summed E-state index contributed by atoms with van der Waals surface area (Å²) in [6, 6.07) is 0. The molecular formula is C12H20ClN5. The van der Waals surface area contributed by atoms with Gasteiger partial charge in [0.2, 0.25) is 17.2 Å². The minimum atomic E-state index is 0.257. The zero-order valence-electron chi connectivity index (χ0n) is 11.0. The van der Waals surface area contributed by atoms with Crippen LogP contribution >= 0.6 is 11.6 Å². The Morgan fingerprint density at radius 3 is 2.67 bits per heavy atom. The van der Waals surface area contributed by atoms with Crippen LogP contribution in [0.3, 0.4) is 0 Å². The van der Waals surface area contributed by atoms with Gasteiger partial charge in [0, 0.05) is 19.6 Å². The summed E-state index contributed by atoms with van der Waals surface area (Å²) in [5, 5.41) is 3.41. The molecule has 2 rings (SSSR count). The van der Waals surface area contributed by atoms with E-state index in [4.69, 9.17) is 11.6 Å². The Bertz CT molecular complexity index is 394. The molecule has 0 unspecified atom stereocenters. The lowest BCUT2D eigenvalue weighted by molar-refractivity contribution is 0.716. The number of hydrogen-bond donors (Lipinski definition) is 1. The molecule has 1 aliphatic rings. The lowest BCUT2D eigenvalue weighted by Crippen LogP contribution is -2.27. The number of hydrogen-bond acceptors (Lipinski definition) is 5. The third-order valence-corrected chi connectivity index (χ3v) is 3.14. The molecule has 1 saturated carbocycles. The number of rotatable bonds is 7. The van der Waals surface area contributed by atoms with Crippen LogP contribution in [0, 0.1) is 5.92 Å². The molecule has 5 nitrogen and oxygen atoms in total.